The Kier molecular flexibility index (Phi) is 6.87. The molecule has 0 aliphatic carbocycles. The Morgan fingerprint density at radius 1 is 1.21 bits per heavy atom. The average Bonchev–Trinajstić information content (AvgIpc) is 2.97. The molecule has 1 heterocycles. The van der Waals surface area contributed by atoms with Gasteiger partial charge in [0.1, 0.15) is 0 Å². The van der Waals surface area contributed by atoms with Gasteiger partial charge in [0.25, 0.3) is 11.1 Å². The lowest BCUT2D eigenvalue weighted by atomic mass is 10.1. The van der Waals surface area contributed by atoms with Crippen LogP contribution in [0, 0.1) is 0 Å². The number of thioether (sulfide) groups is 1. The second kappa shape index (κ2) is 9.37. The minimum Gasteiger partial charge on any atom is -0.493 e. The molecule has 0 saturated carbocycles. The van der Waals surface area contributed by atoms with Crippen molar-refractivity contribution < 1.29 is 19.1 Å². The molecule has 1 atom stereocenters. The van der Waals surface area contributed by atoms with Crippen LogP contribution in [0.15, 0.2) is 47.4 Å². The Balaban J connectivity index is 1.85. The molecule has 0 aromatic heterocycles. The molecule has 2 aromatic carbocycles. The summed E-state index contributed by atoms with van der Waals surface area (Å²) in [6.45, 7) is 4.21. The highest BCUT2D eigenvalue weighted by atomic mass is 35.5. The second-order valence-electron chi connectivity index (χ2n) is 6.62. The van der Waals surface area contributed by atoms with Crippen LogP contribution in [0.1, 0.15) is 31.4 Å². The lowest BCUT2D eigenvalue weighted by molar-refractivity contribution is -0.123. The van der Waals surface area contributed by atoms with Crippen LogP contribution in [-0.4, -0.2) is 29.3 Å². The molecule has 1 saturated heterocycles. The largest absolute Gasteiger partial charge is 0.493 e. The smallest absolute Gasteiger partial charge is 0.293 e. The molecule has 0 spiro atoms. The Bertz CT molecular complexity index is 945. The summed E-state index contributed by atoms with van der Waals surface area (Å²) in [6.07, 6.45) is 2.47. The Labute approximate surface area is 179 Å². The third-order valence-electron chi connectivity index (χ3n) is 4.50. The first kappa shape index (κ1) is 21.3. The number of ether oxygens (including phenoxy) is 2. The number of methoxy groups -OCH3 is 1. The zero-order valence-corrected chi connectivity index (χ0v) is 18.0. The predicted molar refractivity (Wildman–Crippen MR) is 116 cm³/mol. The Morgan fingerprint density at radius 2 is 1.93 bits per heavy atom. The summed E-state index contributed by atoms with van der Waals surface area (Å²) < 4.78 is 11.3. The number of imide groups is 1. The van der Waals surface area contributed by atoms with E-state index >= 15 is 0 Å². The number of hydrogen-bond donors (Lipinski definition) is 0. The molecule has 1 fully saturated rings. The van der Waals surface area contributed by atoms with Crippen LogP contribution in [0.25, 0.3) is 6.08 Å². The van der Waals surface area contributed by atoms with E-state index in [2.05, 4.69) is 0 Å². The molecule has 2 amide bonds. The molecule has 0 unspecified atom stereocenters. The van der Waals surface area contributed by atoms with Crippen molar-refractivity contribution in [2.24, 2.45) is 0 Å². The third-order valence-corrected chi connectivity index (χ3v) is 5.69. The lowest BCUT2D eigenvalue weighted by Crippen LogP contribution is -2.27. The number of nitrogens with zero attached hydrogens (tertiary/aromatic N) is 1. The number of benzene rings is 2. The van der Waals surface area contributed by atoms with E-state index in [9.17, 15) is 9.59 Å². The van der Waals surface area contributed by atoms with Gasteiger partial charge in [-0.25, -0.2) is 0 Å². The fourth-order valence-corrected chi connectivity index (χ4v) is 3.88. The molecule has 1 aliphatic heterocycles. The van der Waals surface area contributed by atoms with Gasteiger partial charge in [0.15, 0.2) is 11.5 Å². The highest BCUT2D eigenvalue weighted by Gasteiger charge is 2.35. The summed E-state index contributed by atoms with van der Waals surface area (Å²) in [7, 11) is 1.53. The number of hydrogen-bond acceptors (Lipinski definition) is 5. The van der Waals surface area contributed by atoms with Crippen molar-refractivity contribution in [3.63, 3.8) is 0 Å². The molecule has 2 aromatic rings. The molecule has 5 nitrogen and oxygen atoms in total. The van der Waals surface area contributed by atoms with Crippen molar-refractivity contribution in [1.29, 1.82) is 0 Å². The van der Waals surface area contributed by atoms with Crippen molar-refractivity contribution >= 4 is 40.6 Å². The van der Waals surface area contributed by atoms with Gasteiger partial charge in [-0.1, -0.05) is 48.9 Å². The van der Waals surface area contributed by atoms with Crippen molar-refractivity contribution in [2.45, 2.75) is 32.9 Å². The van der Waals surface area contributed by atoms with Crippen molar-refractivity contribution in [3.8, 4) is 11.5 Å². The SMILES string of the molecule is CC[C@H](C)Oc1c(Cl)cc(/C=C2\SC(=O)N(Cc3ccccc3)C2=O)cc1OC. The van der Waals surface area contributed by atoms with Crippen LogP contribution in [0.3, 0.4) is 0 Å². The first-order valence-electron chi connectivity index (χ1n) is 9.26. The standard InChI is InChI=1S/C22H22ClNO4S/c1-4-14(2)28-20-17(23)10-16(11-18(20)27-3)12-19-21(25)24(22(26)29-19)13-15-8-6-5-7-9-15/h5-12,14H,4,13H2,1-3H3/b19-12-/t14-/m0/s1. The van der Waals surface area contributed by atoms with Gasteiger partial charge in [-0.3, -0.25) is 14.5 Å². The molecule has 1 aliphatic rings. The van der Waals surface area contributed by atoms with Gasteiger partial charge in [0.2, 0.25) is 0 Å². The zero-order chi connectivity index (χ0) is 21.0. The van der Waals surface area contributed by atoms with E-state index < -0.39 is 0 Å². The molecule has 0 radical (unpaired) electrons. The monoisotopic (exact) mass is 431 g/mol. The van der Waals surface area contributed by atoms with Crippen LogP contribution in [-0.2, 0) is 11.3 Å². The molecular weight excluding hydrogens is 410 g/mol. The van der Waals surface area contributed by atoms with Gasteiger partial charge in [0, 0.05) is 0 Å². The van der Waals surface area contributed by atoms with Crippen molar-refractivity contribution in [3.05, 3.63) is 63.5 Å². The highest BCUT2D eigenvalue weighted by Crippen LogP contribution is 2.39. The van der Waals surface area contributed by atoms with Gasteiger partial charge >= 0.3 is 0 Å². The van der Waals surface area contributed by atoms with Gasteiger partial charge in [-0.05, 0) is 54.4 Å². The summed E-state index contributed by atoms with van der Waals surface area (Å²) in [6, 6.07) is 12.9. The third kappa shape index (κ3) is 4.95. The van der Waals surface area contributed by atoms with E-state index in [1.807, 2.05) is 44.2 Å². The lowest BCUT2D eigenvalue weighted by Gasteiger charge is -2.17. The maximum Gasteiger partial charge on any atom is 0.293 e. The number of carbonyl (C=O) groups is 2. The molecule has 0 N–H and O–H groups in total. The molecule has 7 heteroatoms. The van der Waals surface area contributed by atoms with E-state index in [1.165, 1.54) is 12.0 Å². The minimum absolute atomic E-state index is 0.0123. The fraction of sp³-hybridized carbons (Fsp3) is 0.273. The molecule has 152 valence electrons. The number of halogens is 1. The Hall–Kier alpha value is -2.44. The van der Waals surface area contributed by atoms with E-state index in [0.29, 0.717) is 27.0 Å². The maximum absolute atomic E-state index is 12.7. The highest BCUT2D eigenvalue weighted by molar-refractivity contribution is 8.18. The summed E-state index contributed by atoms with van der Waals surface area (Å²) >= 11 is 7.31. The maximum atomic E-state index is 12.7. The molecule has 29 heavy (non-hydrogen) atoms. The molecular formula is C22H22ClNO4S. The van der Waals surface area contributed by atoms with E-state index in [-0.39, 0.29) is 23.8 Å². The Morgan fingerprint density at radius 3 is 2.59 bits per heavy atom. The summed E-state index contributed by atoms with van der Waals surface area (Å²) in [4.78, 5) is 26.7. The van der Waals surface area contributed by atoms with Gasteiger partial charge in [-0.2, -0.15) is 0 Å². The second-order valence-corrected chi connectivity index (χ2v) is 8.02. The number of amides is 2. The zero-order valence-electron chi connectivity index (χ0n) is 16.5. The normalized spacial score (nSPS) is 16.4. The van der Waals surface area contributed by atoms with E-state index in [4.69, 9.17) is 21.1 Å². The van der Waals surface area contributed by atoms with Gasteiger partial charge in [-0.15, -0.1) is 0 Å². The van der Waals surface area contributed by atoms with Crippen LogP contribution in [0.2, 0.25) is 5.02 Å². The van der Waals surface area contributed by atoms with Gasteiger partial charge < -0.3 is 9.47 Å². The topological polar surface area (TPSA) is 55.8 Å². The predicted octanol–water partition coefficient (Wildman–Crippen LogP) is 5.76. The number of rotatable bonds is 7. The fourth-order valence-electron chi connectivity index (χ4n) is 2.78. The van der Waals surface area contributed by atoms with Crippen molar-refractivity contribution in [2.75, 3.05) is 7.11 Å². The van der Waals surface area contributed by atoms with Crippen molar-refractivity contribution in [1.82, 2.24) is 4.90 Å². The van der Waals surface area contributed by atoms with E-state index in [1.54, 1.807) is 18.2 Å². The first-order valence-corrected chi connectivity index (χ1v) is 10.5. The quantitative estimate of drug-likeness (QED) is 0.521. The van der Waals surface area contributed by atoms with Gasteiger partial charge in [0.05, 0.1) is 29.7 Å². The number of carbonyl (C=O) groups excluding carboxylic acids is 2. The van der Waals surface area contributed by atoms with Crippen LogP contribution >= 0.6 is 23.4 Å². The molecule has 3 rings (SSSR count). The average molecular weight is 432 g/mol. The summed E-state index contributed by atoms with van der Waals surface area (Å²) in [5, 5.41) is 0.0966. The van der Waals surface area contributed by atoms with Crippen LogP contribution < -0.4 is 9.47 Å². The minimum atomic E-state index is -0.320. The molecule has 0 bridgehead atoms. The van der Waals surface area contributed by atoms with Crippen LogP contribution in [0.5, 0.6) is 11.5 Å². The van der Waals surface area contributed by atoms with Crippen LogP contribution in [0.4, 0.5) is 4.79 Å². The first-order chi connectivity index (χ1) is 13.9. The summed E-state index contributed by atoms with van der Waals surface area (Å²) in [5.41, 5.74) is 1.56. The summed E-state index contributed by atoms with van der Waals surface area (Å²) in [5.74, 6) is 0.629. The van der Waals surface area contributed by atoms with E-state index in [0.717, 1.165) is 23.7 Å².